The van der Waals surface area contributed by atoms with Gasteiger partial charge in [0, 0.05) is 11.7 Å². The van der Waals surface area contributed by atoms with E-state index >= 15 is 0 Å². The third-order valence-corrected chi connectivity index (χ3v) is 4.87. The quantitative estimate of drug-likeness (QED) is 0.851. The molecule has 1 aliphatic carbocycles. The third kappa shape index (κ3) is 2.65. The molecule has 2 nitrogen and oxygen atoms in total. The molecule has 0 N–H and O–H groups in total. The van der Waals surface area contributed by atoms with Crippen molar-refractivity contribution in [1.29, 1.82) is 0 Å². The Morgan fingerprint density at radius 1 is 1.10 bits per heavy atom. The van der Waals surface area contributed by atoms with E-state index in [-0.39, 0.29) is 5.41 Å². The number of hydrogen-bond acceptors (Lipinski definition) is 2. The highest BCUT2D eigenvalue weighted by molar-refractivity contribution is 7.79. The topological polar surface area (TPSA) is 26.3 Å². The number of hydrogen-bond donors (Lipinski definition) is 0. The van der Waals surface area contributed by atoms with E-state index in [4.69, 9.17) is 4.18 Å². The summed E-state index contributed by atoms with van der Waals surface area (Å²) in [7, 11) is 0. The predicted molar refractivity (Wildman–Crippen MR) is 84.1 cm³/mol. The molecular formula is C17H20O2S. The Kier molecular flexibility index (Phi) is 3.90. The van der Waals surface area contributed by atoms with Gasteiger partial charge in [0.05, 0.1) is 6.61 Å². The van der Waals surface area contributed by atoms with Crippen LogP contribution in [0.2, 0.25) is 0 Å². The van der Waals surface area contributed by atoms with Crippen LogP contribution in [0, 0.1) is 0 Å². The smallest absolute Gasteiger partial charge is 0.152 e. The molecule has 0 aliphatic heterocycles. The molecule has 1 unspecified atom stereocenters. The van der Waals surface area contributed by atoms with Gasteiger partial charge in [0.2, 0.25) is 0 Å². The molecular weight excluding hydrogens is 268 g/mol. The fourth-order valence-electron chi connectivity index (χ4n) is 3.28. The van der Waals surface area contributed by atoms with Gasteiger partial charge in [0.25, 0.3) is 0 Å². The average molecular weight is 288 g/mol. The van der Waals surface area contributed by atoms with Crippen molar-refractivity contribution in [3.63, 3.8) is 0 Å². The highest BCUT2D eigenvalue weighted by atomic mass is 32.2. The third-order valence-electron chi connectivity index (χ3n) is 4.42. The van der Waals surface area contributed by atoms with Crippen molar-refractivity contribution >= 4 is 21.9 Å². The fourth-order valence-corrected chi connectivity index (χ4v) is 3.67. The van der Waals surface area contributed by atoms with E-state index in [9.17, 15) is 4.21 Å². The summed E-state index contributed by atoms with van der Waals surface area (Å²) in [5, 5.41) is 2.54. The molecule has 1 aliphatic rings. The molecule has 0 saturated heterocycles. The van der Waals surface area contributed by atoms with E-state index in [2.05, 4.69) is 42.5 Å². The van der Waals surface area contributed by atoms with Crippen molar-refractivity contribution < 1.29 is 8.39 Å². The Morgan fingerprint density at radius 2 is 1.80 bits per heavy atom. The second kappa shape index (κ2) is 5.66. The van der Waals surface area contributed by atoms with Crippen LogP contribution in [0.15, 0.2) is 42.5 Å². The molecule has 0 radical (unpaired) electrons. The first-order valence-corrected chi connectivity index (χ1v) is 8.64. The Hall–Kier alpha value is -1.19. The summed E-state index contributed by atoms with van der Waals surface area (Å²) in [4.78, 5) is 0. The minimum Gasteiger partial charge on any atom is -0.290 e. The van der Waals surface area contributed by atoms with Gasteiger partial charge in [-0.3, -0.25) is 4.18 Å². The number of benzene rings is 2. The molecule has 0 heterocycles. The van der Waals surface area contributed by atoms with Crippen LogP contribution in [0.3, 0.4) is 0 Å². The summed E-state index contributed by atoms with van der Waals surface area (Å²) in [6.07, 6.45) is 6.31. The van der Waals surface area contributed by atoms with Crippen LogP contribution >= 0.6 is 0 Å². The van der Waals surface area contributed by atoms with Gasteiger partial charge in [0.15, 0.2) is 11.1 Å². The number of rotatable bonds is 4. The van der Waals surface area contributed by atoms with E-state index < -0.39 is 11.1 Å². The first-order valence-electron chi connectivity index (χ1n) is 7.16. The minimum absolute atomic E-state index is 0.0513. The standard InChI is InChI=1S/C17H20O2S/c1-20(18)19-13-17(10-4-5-11-17)16-9-8-14-6-2-3-7-15(14)12-16/h2-3,6-9,12H,4-5,10-11,13H2,1H3. The zero-order valence-electron chi connectivity index (χ0n) is 11.8. The second-order valence-electron chi connectivity index (χ2n) is 5.71. The highest BCUT2D eigenvalue weighted by Crippen LogP contribution is 2.42. The van der Waals surface area contributed by atoms with Crippen LogP contribution in [-0.2, 0) is 20.7 Å². The Bertz CT molecular complexity index is 630. The largest absolute Gasteiger partial charge is 0.290 e. The van der Waals surface area contributed by atoms with Gasteiger partial charge < -0.3 is 0 Å². The van der Waals surface area contributed by atoms with Crippen LogP contribution in [0.1, 0.15) is 31.2 Å². The van der Waals surface area contributed by atoms with Gasteiger partial charge in [-0.2, -0.15) is 0 Å². The van der Waals surface area contributed by atoms with E-state index in [0.717, 1.165) is 12.8 Å². The average Bonchev–Trinajstić information content (AvgIpc) is 2.95. The summed E-state index contributed by atoms with van der Waals surface area (Å²) in [6, 6.07) is 15.1. The molecule has 20 heavy (non-hydrogen) atoms. The molecule has 0 bridgehead atoms. The van der Waals surface area contributed by atoms with E-state index in [1.807, 2.05) is 0 Å². The van der Waals surface area contributed by atoms with Crippen LogP contribution in [0.4, 0.5) is 0 Å². The lowest BCUT2D eigenvalue weighted by atomic mass is 9.79. The van der Waals surface area contributed by atoms with Crippen molar-refractivity contribution in [2.24, 2.45) is 0 Å². The molecule has 2 aromatic carbocycles. The lowest BCUT2D eigenvalue weighted by Gasteiger charge is -2.29. The molecule has 3 rings (SSSR count). The molecule has 2 aromatic rings. The van der Waals surface area contributed by atoms with Gasteiger partial charge in [-0.25, -0.2) is 4.21 Å². The summed E-state index contributed by atoms with van der Waals surface area (Å²) < 4.78 is 16.7. The molecule has 0 spiro atoms. The van der Waals surface area contributed by atoms with E-state index in [1.54, 1.807) is 6.26 Å². The van der Waals surface area contributed by atoms with Crippen LogP contribution in [0.25, 0.3) is 10.8 Å². The van der Waals surface area contributed by atoms with Gasteiger partial charge in [0.1, 0.15) is 0 Å². The lowest BCUT2D eigenvalue weighted by molar-refractivity contribution is 0.237. The van der Waals surface area contributed by atoms with E-state index in [0.29, 0.717) is 6.61 Å². The van der Waals surface area contributed by atoms with Crippen molar-refractivity contribution in [3.05, 3.63) is 48.0 Å². The SMILES string of the molecule is CS(=O)OCC1(c2ccc3ccccc3c2)CCCC1. The molecule has 0 aromatic heterocycles. The number of fused-ring (bicyclic) bond motifs is 1. The highest BCUT2D eigenvalue weighted by Gasteiger charge is 2.36. The summed E-state index contributed by atoms with van der Waals surface area (Å²) in [5.74, 6) is 0. The second-order valence-corrected chi connectivity index (χ2v) is 6.75. The van der Waals surface area contributed by atoms with Gasteiger partial charge in [-0.05, 0) is 29.2 Å². The summed E-state index contributed by atoms with van der Waals surface area (Å²) >= 11 is -1.19. The Labute approximate surface area is 122 Å². The normalized spacial score (nSPS) is 19.2. The fraction of sp³-hybridized carbons (Fsp3) is 0.412. The first kappa shape index (κ1) is 13.8. The van der Waals surface area contributed by atoms with Crippen LogP contribution < -0.4 is 0 Å². The van der Waals surface area contributed by atoms with Crippen LogP contribution in [-0.4, -0.2) is 17.1 Å². The molecule has 1 fully saturated rings. The summed E-state index contributed by atoms with van der Waals surface area (Å²) in [5.41, 5.74) is 1.38. The molecule has 1 atom stereocenters. The maximum absolute atomic E-state index is 11.3. The molecule has 0 amide bonds. The zero-order valence-corrected chi connectivity index (χ0v) is 12.6. The molecule has 1 saturated carbocycles. The predicted octanol–water partition coefficient (Wildman–Crippen LogP) is 3.96. The summed E-state index contributed by atoms with van der Waals surface area (Å²) in [6.45, 7) is 0.564. The monoisotopic (exact) mass is 288 g/mol. The van der Waals surface area contributed by atoms with Crippen molar-refractivity contribution in [2.45, 2.75) is 31.1 Å². The minimum atomic E-state index is -1.19. The van der Waals surface area contributed by atoms with Crippen molar-refractivity contribution in [3.8, 4) is 0 Å². The van der Waals surface area contributed by atoms with Crippen molar-refractivity contribution in [2.75, 3.05) is 12.9 Å². The van der Waals surface area contributed by atoms with Gasteiger partial charge in [-0.1, -0.05) is 55.3 Å². The van der Waals surface area contributed by atoms with Crippen molar-refractivity contribution in [1.82, 2.24) is 0 Å². The maximum atomic E-state index is 11.3. The Morgan fingerprint density at radius 3 is 2.50 bits per heavy atom. The van der Waals surface area contributed by atoms with E-state index in [1.165, 1.54) is 29.2 Å². The molecule has 3 heteroatoms. The van der Waals surface area contributed by atoms with Crippen LogP contribution in [0.5, 0.6) is 0 Å². The lowest BCUT2D eigenvalue weighted by Crippen LogP contribution is -2.28. The Balaban J connectivity index is 1.98. The zero-order chi connectivity index (χ0) is 14.0. The van der Waals surface area contributed by atoms with Gasteiger partial charge >= 0.3 is 0 Å². The maximum Gasteiger partial charge on any atom is 0.152 e. The van der Waals surface area contributed by atoms with Gasteiger partial charge in [-0.15, -0.1) is 0 Å². The first-order chi connectivity index (χ1) is 9.70. The molecule has 106 valence electrons.